The molecule has 0 saturated heterocycles. The summed E-state index contributed by atoms with van der Waals surface area (Å²) in [4.78, 5) is 41.8. The molecule has 1 aliphatic heterocycles. The third-order valence-corrected chi connectivity index (χ3v) is 4.83. The van der Waals surface area contributed by atoms with Crippen LogP contribution < -0.4 is 5.56 Å². The highest BCUT2D eigenvalue weighted by molar-refractivity contribution is 6.02. The average molecular weight is 380 g/mol. The van der Waals surface area contributed by atoms with E-state index in [1.165, 1.54) is 43.3 Å². The molecule has 142 valence electrons. The number of hydrogen-bond acceptors (Lipinski definition) is 5. The Bertz CT molecular complexity index is 1150. The van der Waals surface area contributed by atoms with Crippen molar-refractivity contribution in [3.8, 4) is 0 Å². The van der Waals surface area contributed by atoms with Gasteiger partial charge >= 0.3 is 5.97 Å². The van der Waals surface area contributed by atoms with Gasteiger partial charge in [-0.05, 0) is 55.8 Å². The van der Waals surface area contributed by atoms with E-state index in [1.807, 2.05) is 0 Å². The van der Waals surface area contributed by atoms with Crippen LogP contribution in [0.3, 0.4) is 0 Å². The highest BCUT2D eigenvalue weighted by Crippen LogP contribution is 2.17. The first kappa shape index (κ1) is 18.0. The van der Waals surface area contributed by atoms with Crippen LogP contribution in [0.25, 0.3) is 10.9 Å². The number of ether oxygens (including phenoxy) is 1. The van der Waals surface area contributed by atoms with Crippen molar-refractivity contribution in [3.05, 3.63) is 75.6 Å². The zero-order chi connectivity index (χ0) is 19.8. The molecule has 0 N–H and O–H groups in total. The van der Waals surface area contributed by atoms with Crippen LogP contribution in [0.5, 0.6) is 0 Å². The average Bonchev–Trinajstić information content (AvgIpc) is 3.16. The number of aryl methyl sites for hydroxylation is 1. The molecule has 7 heteroatoms. The Balaban J connectivity index is 1.57. The number of esters is 1. The molecule has 0 unspecified atom stereocenters. The van der Waals surface area contributed by atoms with E-state index < -0.39 is 23.7 Å². The Morgan fingerprint density at radius 1 is 1.14 bits per heavy atom. The van der Waals surface area contributed by atoms with Crippen LogP contribution in [0.15, 0.2) is 47.3 Å². The molecule has 0 saturated carbocycles. The molecule has 1 atom stereocenters. The molecule has 6 nitrogen and oxygen atoms in total. The number of hydrogen-bond donors (Lipinski definition) is 0. The molecule has 0 fully saturated rings. The van der Waals surface area contributed by atoms with Crippen LogP contribution in [0.1, 0.15) is 39.9 Å². The predicted molar refractivity (Wildman–Crippen MR) is 99.9 cm³/mol. The normalized spacial score (nSPS) is 13.9. The molecule has 3 aromatic rings. The second-order valence-electron chi connectivity index (χ2n) is 6.74. The van der Waals surface area contributed by atoms with Crippen molar-refractivity contribution in [1.82, 2.24) is 9.55 Å². The zero-order valence-electron chi connectivity index (χ0n) is 15.1. The van der Waals surface area contributed by atoms with Gasteiger partial charge in [0.2, 0.25) is 5.78 Å². The lowest BCUT2D eigenvalue weighted by molar-refractivity contribution is 0.0319. The van der Waals surface area contributed by atoms with E-state index in [9.17, 15) is 18.8 Å². The Labute approximate surface area is 159 Å². The monoisotopic (exact) mass is 380 g/mol. The minimum Gasteiger partial charge on any atom is -0.451 e. The van der Waals surface area contributed by atoms with E-state index in [-0.39, 0.29) is 16.7 Å². The summed E-state index contributed by atoms with van der Waals surface area (Å²) in [6, 6.07) is 9.59. The first-order valence-corrected chi connectivity index (χ1v) is 8.98. The molecule has 0 bridgehead atoms. The van der Waals surface area contributed by atoms with Crippen LogP contribution in [0, 0.1) is 5.82 Å². The van der Waals surface area contributed by atoms with E-state index >= 15 is 0 Å². The van der Waals surface area contributed by atoms with Gasteiger partial charge in [0, 0.05) is 18.5 Å². The first-order valence-electron chi connectivity index (χ1n) is 8.98. The third-order valence-electron chi connectivity index (χ3n) is 4.83. The molecule has 2 aromatic carbocycles. The Kier molecular flexibility index (Phi) is 4.50. The first-order chi connectivity index (χ1) is 13.4. The lowest BCUT2D eigenvalue weighted by Gasteiger charge is -2.13. The largest absolute Gasteiger partial charge is 0.451 e. The number of benzene rings is 2. The van der Waals surface area contributed by atoms with E-state index in [1.54, 1.807) is 10.6 Å². The molecule has 0 aliphatic carbocycles. The number of nitrogens with zero attached hydrogens (tertiary/aromatic N) is 2. The van der Waals surface area contributed by atoms with Gasteiger partial charge in [-0.3, -0.25) is 14.2 Å². The number of carbonyl (C=O) groups is 2. The predicted octanol–water partition coefficient (Wildman–Crippen LogP) is 2.91. The SMILES string of the molecule is C[C@H](OC(=O)c1ccc2c(=O)n3c(nc2c1)CCC3)C(=O)c1ccc(F)cc1. The smallest absolute Gasteiger partial charge is 0.338 e. The van der Waals surface area contributed by atoms with Crippen molar-refractivity contribution in [3.63, 3.8) is 0 Å². The van der Waals surface area contributed by atoms with Crippen molar-refractivity contribution in [2.75, 3.05) is 0 Å². The zero-order valence-corrected chi connectivity index (χ0v) is 15.1. The van der Waals surface area contributed by atoms with Gasteiger partial charge < -0.3 is 4.74 Å². The molecule has 1 aromatic heterocycles. The summed E-state index contributed by atoms with van der Waals surface area (Å²) >= 11 is 0. The maximum absolute atomic E-state index is 13.0. The van der Waals surface area contributed by atoms with E-state index in [4.69, 9.17) is 4.74 Å². The van der Waals surface area contributed by atoms with Crippen LogP contribution >= 0.6 is 0 Å². The van der Waals surface area contributed by atoms with Gasteiger partial charge in [0.1, 0.15) is 11.6 Å². The summed E-state index contributed by atoms with van der Waals surface area (Å²) in [7, 11) is 0. The minimum atomic E-state index is -1.03. The summed E-state index contributed by atoms with van der Waals surface area (Å²) in [5.74, 6) is -0.856. The minimum absolute atomic E-state index is 0.114. The molecular formula is C21H17FN2O4. The molecule has 2 heterocycles. The van der Waals surface area contributed by atoms with Gasteiger partial charge in [0.15, 0.2) is 6.10 Å². The molecule has 0 spiro atoms. The molecule has 4 rings (SSSR count). The van der Waals surface area contributed by atoms with Crippen LogP contribution in [-0.4, -0.2) is 27.4 Å². The summed E-state index contributed by atoms with van der Waals surface area (Å²) < 4.78 is 19.9. The highest BCUT2D eigenvalue weighted by Gasteiger charge is 2.22. The van der Waals surface area contributed by atoms with Crippen molar-refractivity contribution < 1.29 is 18.7 Å². The lowest BCUT2D eigenvalue weighted by Crippen LogP contribution is -2.25. The number of ketones is 1. The van der Waals surface area contributed by atoms with Crippen LogP contribution in [0.2, 0.25) is 0 Å². The number of carbonyl (C=O) groups excluding carboxylic acids is 2. The summed E-state index contributed by atoms with van der Waals surface area (Å²) in [6.07, 6.45) is 0.562. The third kappa shape index (κ3) is 3.19. The molecular weight excluding hydrogens is 363 g/mol. The number of fused-ring (bicyclic) bond motifs is 2. The number of halogens is 1. The second-order valence-corrected chi connectivity index (χ2v) is 6.74. The standard InChI is InChI=1S/C21H17FN2O4/c1-12(19(25)13-4-7-15(22)8-5-13)28-21(27)14-6-9-16-17(11-14)23-18-3-2-10-24(18)20(16)26/h4-9,11-12H,2-3,10H2,1H3/t12-/m0/s1. The van der Waals surface area contributed by atoms with Crippen molar-refractivity contribution in [1.29, 1.82) is 0 Å². The van der Waals surface area contributed by atoms with Gasteiger partial charge in [0.25, 0.3) is 5.56 Å². The van der Waals surface area contributed by atoms with Gasteiger partial charge in [0.05, 0.1) is 16.5 Å². The fourth-order valence-electron chi connectivity index (χ4n) is 3.34. The number of rotatable bonds is 4. The van der Waals surface area contributed by atoms with E-state index in [0.717, 1.165) is 12.8 Å². The number of Topliss-reactive ketones (excluding diaryl/α,β-unsaturated/α-hetero) is 1. The van der Waals surface area contributed by atoms with Crippen LogP contribution in [0.4, 0.5) is 4.39 Å². The summed E-state index contributed by atoms with van der Waals surface area (Å²) in [5, 5.41) is 0.442. The molecule has 0 radical (unpaired) electrons. The van der Waals surface area contributed by atoms with Crippen molar-refractivity contribution in [2.45, 2.75) is 32.4 Å². The highest BCUT2D eigenvalue weighted by atomic mass is 19.1. The second kappa shape index (κ2) is 6.99. The fourth-order valence-corrected chi connectivity index (χ4v) is 3.34. The Morgan fingerprint density at radius 2 is 1.86 bits per heavy atom. The topological polar surface area (TPSA) is 78.3 Å². The quantitative estimate of drug-likeness (QED) is 0.514. The maximum Gasteiger partial charge on any atom is 0.338 e. The summed E-state index contributed by atoms with van der Waals surface area (Å²) in [6.45, 7) is 2.12. The molecule has 1 aliphatic rings. The van der Waals surface area contributed by atoms with Gasteiger partial charge in [-0.25, -0.2) is 14.2 Å². The van der Waals surface area contributed by atoms with Crippen LogP contribution in [-0.2, 0) is 17.7 Å². The fraction of sp³-hybridized carbons (Fsp3) is 0.238. The van der Waals surface area contributed by atoms with E-state index in [0.29, 0.717) is 23.3 Å². The number of aromatic nitrogens is 2. The van der Waals surface area contributed by atoms with Gasteiger partial charge in [-0.15, -0.1) is 0 Å². The Morgan fingerprint density at radius 3 is 2.61 bits per heavy atom. The molecule has 28 heavy (non-hydrogen) atoms. The van der Waals surface area contributed by atoms with Crippen molar-refractivity contribution in [2.24, 2.45) is 0 Å². The molecule has 0 amide bonds. The van der Waals surface area contributed by atoms with Gasteiger partial charge in [-0.2, -0.15) is 0 Å². The maximum atomic E-state index is 13.0. The van der Waals surface area contributed by atoms with Gasteiger partial charge in [-0.1, -0.05) is 0 Å². The Hall–Kier alpha value is -3.35. The lowest BCUT2D eigenvalue weighted by atomic mass is 10.1. The summed E-state index contributed by atoms with van der Waals surface area (Å²) in [5.41, 5.74) is 0.786. The van der Waals surface area contributed by atoms with Crippen molar-refractivity contribution >= 4 is 22.7 Å². The van der Waals surface area contributed by atoms with E-state index in [2.05, 4.69) is 4.98 Å².